The zero-order chi connectivity index (χ0) is 6.97. The molecular weight excluding hydrogens is 122 g/mol. The summed E-state index contributed by atoms with van der Waals surface area (Å²) in [5.74, 6) is 1.74. The maximum absolute atomic E-state index is 5.89. The van der Waals surface area contributed by atoms with E-state index >= 15 is 0 Å². The van der Waals surface area contributed by atoms with Crippen molar-refractivity contribution in [1.82, 2.24) is 0 Å². The fraction of sp³-hybridized carbons (Fsp3) is 0.778. The normalized spacial score (nSPS) is 45.5. The van der Waals surface area contributed by atoms with Gasteiger partial charge in [-0.2, -0.15) is 0 Å². The summed E-state index contributed by atoms with van der Waals surface area (Å²) in [7, 11) is 0. The van der Waals surface area contributed by atoms with Crippen LogP contribution >= 0.6 is 0 Å². The maximum Gasteiger partial charge on any atom is 0.00471 e. The van der Waals surface area contributed by atoms with Crippen molar-refractivity contribution in [3.05, 3.63) is 12.2 Å². The highest BCUT2D eigenvalue weighted by Crippen LogP contribution is 2.34. The van der Waals surface area contributed by atoms with Crippen molar-refractivity contribution in [3.63, 3.8) is 0 Å². The third-order valence-corrected chi connectivity index (χ3v) is 2.76. The molecule has 0 aromatic carbocycles. The van der Waals surface area contributed by atoms with Crippen LogP contribution in [0.2, 0.25) is 0 Å². The number of nitrogens with two attached hydrogens (primary N) is 1. The first-order chi connectivity index (χ1) is 4.84. The molecule has 0 spiro atoms. The molecule has 1 fully saturated rings. The lowest BCUT2D eigenvalue weighted by molar-refractivity contribution is 0.262. The minimum absolute atomic E-state index is 0.494. The van der Waals surface area contributed by atoms with Gasteiger partial charge in [0, 0.05) is 6.04 Å². The van der Waals surface area contributed by atoms with Crippen molar-refractivity contribution in [2.24, 2.45) is 17.6 Å². The van der Waals surface area contributed by atoms with Gasteiger partial charge in [-0.3, -0.25) is 0 Å². The Labute approximate surface area is 62.3 Å². The molecule has 0 unspecified atom stereocenters. The van der Waals surface area contributed by atoms with Crippen molar-refractivity contribution < 1.29 is 0 Å². The van der Waals surface area contributed by atoms with Crippen LogP contribution in [-0.4, -0.2) is 6.04 Å². The number of allylic oxidation sites excluding steroid dienone is 2. The summed E-state index contributed by atoms with van der Waals surface area (Å²) >= 11 is 0. The highest BCUT2D eigenvalue weighted by molar-refractivity contribution is 5.00. The highest BCUT2D eigenvalue weighted by atomic mass is 14.6. The van der Waals surface area contributed by atoms with Gasteiger partial charge in [-0.25, -0.2) is 0 Å². The molecule has 3 atom stereocenters. The van der Waals surface area contributed by atoms with Gasteiger partial charge in [-0.15, -0.1) is 0 Å². The van der Waals surface area contributed by atoms with Gasteiger partial charge < -0.3 is 5.73 Å². The fourth-order valence-corrected chi connectivity index (χ4v) is 2.35. The van der Waals surface area contributed by atoms with Crippen molar-refractivity contribution in [1.29, 1.82) is 0 Å². The van der Waals surface area contributed by atoms with Crippen LogP contribution in [0, 0.1) is 11.8 Å². The molecule has 56 valence electrons. The first-order valence-electron chi connectivity index (χ1n) is 4.27. The Kier molecular flexibility index (Phi) is 1.53. The molecule has 2 aliphatic carbocycles. The standard InChI is InChI=1S/C9H15N/c10-9-5-7-2-1-3-8(4-7)6-9/h1-2,7-9H,3-6,10H2/t7-,8-,9-/m1/s1. The van der Waals surface area contributed by atoms with Gasteiger partial charge >= 0.3 is 0 Å². The molecule has 2 aliphatic rings. The molecule has 0 aliphatic heterocycles. The summed E-state index contributed by atoms with van der Waals surface area (Å²) in [4.78, 5) is 0. The largest absolute Gasteiger partial charge is 0.328 e. The first kappa shape index (κ1) is 6.41. The van der Waals surface area contributed by atoms with Gasteiger partial charge in [0.25, 0.3) is 0 Å². The fourth-order valence-electron chi connectivity index (χ4n) is 2.35. The predicted molar refractivity (Wildman–Crippen MR) is 42.6 cm³/mol. The van der Waals surface area contributed by atoms with Crippen LogP contribution in [-0.2, 0) is 0 Å². The Morgan fingerprint density at radius 3 is 2.90 bits per heavy atom. The Balaban J connectivity index is 2.09. The van der Waals surface area contributed by atoms with E-state index in [1.165, 1.54) is 25.7 Å². The quantitative estimate of drug-likeness (QED) is 0.505. The molecule has 2 rings (SSSR count). The lowest BCUT2D eigenvalue weighted by Crippen LogP contribution is -2.33. The Hall–Kier alpha value is -0.300. The van der Waals surface area contributed by atoms with Gasteiger partial charge in [0.15, 0.2) is 0 Å². The summed E-state index contributed by atoms with van der Waals surface area (Å²) in [6.07, 6.45) is 9.88. The van der Waals surface area contributed by atoms with E-state index in [1.807, 2.05) is 0 Å². The topological polar surface area (TPSA) is 26.0 Å². The Bertz CT molecular complexity index is 151. The molecular formula is C9H15N. The van der Waals surface area contributed by atoms with Gasteiger partial charge in [-0.05, 0) is 37.5 Å². The van der Waals surface area contributed by atoms with Gasteiger partial charge in [0.05, 0.1) is 0 Å². The van der Waals surface area contributed by atoms with Gasteiger partial charge in [-0.1, -0.05) is 12.2 Å². The molecule has 1 nitrogen and oxygen atoms in total. The smallest absolute Gasteiger partial charge is 0.00471 e. The average Bonchev–Trinajstić information content (AvgIpc) is 1.85. The monoisotopic (exact) mass is 137 g/mol. The lowest BCUT2D eigenvalue weighted by atomic mass is 9.74. The Morgan fingerprint density at radius 2 is 2.10 bits per heavy atom. The summed E-state index contributed by atoms with van der Waals surface area (Å²) in [5.41, 5.74) is 5.89. The second-order valence-electron chi connectivity index (χ2n) is 3.76. The SMILES string of the molecule is N[C@@H]1C[C@@H]2C=CC[C@@H](C1)C2. The molecule has 2 bridgehead atoms. The number of hydrogen-bond donors (Lipinski definition) is 1. The first-order valence-corrected chi connectivity index (χ1v) is 4.27. The molecule has 0 heterocycles. The van der Waals surface area contributed by atoms with Gasteiger partial charge in [0.2, 0.25) is 0 Å². The van der Waals surface area contributed by atoms with E-state index in [-0.39, 0.29) is 0 Å². The van der Waals surface area contributed by atoms with E-state index in [0.29, 0.717) is 6.04 Å². The summed E-state index contributed by atoms with van der Waals surface area (Å²) in [6.45, 7) is 0. The van der Waals surface area contributed by atoms with Gasteiger partial charge in [0.1, 0.15) is 0 Å². The summed E-state index contributed by atoms with van der Waals surface area (Å²) in [5, 5.41) is 0. The minimum atomic E-state index is 0.494. The highest BCUT2D eigenvalue weighted by Gasteiger charge is 2.26. The molecule has 1 saturated carbocycles. The molecule has 0 aromatic heterocycles. The lowest BCUT2D eigenvalue weighted by Gasteiger charge is -2.34. The van der Waals surface area contributed by atoms with E-state index in [2.05, 4.69) is 12.2 Å². The molecule has 0 saturated heterocycles. The van der Waals surface area contributed by atoms with Crippen molar-refractivity contribution in [2.75, 3.05) is 0 Å². The van der Waals surface area contributed by atoms with Crippen LogP contribution in [0.3, 0.4) is 0 Å². The van der Waals surface area contributed by atoms with Crippen molar-refractivity contribution in [2.45, 2.75) is 31.7 Å². The van der Waals surface area contributed by atoms with Crippen LogP contribution in [0.25, 0.3) is 0 Å². The minimum Gasteiger partial charge on any atom is -0.328 e. The summed E-state index contributed by atoms with van der Waals surface area (Å²) < 4.78 is 0. The average molecular weight is 137 g/mol. The Morgan fingerprint density at radius 1 is 1.20 bits per heavy atom. The number of hydrogen-bond acceptors (Lipinski definition) is 1. The molecule has 1 heteroatoms. The molecule has 0 radical (unpaired) electrons. The third kappa shape index (κ3) is 1.10. The van der Waals surface area contributed by atoms with Crippen molar-refractivity contribution >= 4 is 0 Å². The van der Waals surface area contributed by atoms with E-state index in [0.717, 1.165) is 11.8 Å². The molecule has 2 N–H and O–H groups in total. The van der Waals surface area contributed by atoms with Crippen molar-refractivity contribution in [3.8, 4) is 0 Å². The second kappa shape index (κ2) is 2.39. The van der Waals surface area contributed by atoms with Crippen LogP contribution in [0.15, 0.2) is 12.2 Å². The molecule has 0 amide bonds. The number of fused-ring (bicyclic) bond motifs is 2. The van der Waals surface area contributed by atoms with E-state index < -0.39 is 0 Å². The molecule has 0 aromatic rings. The van der Waals surface area contributed by atoms with Crippen LogP contribution in [0.4, 0.5) is 0 Å². The van der Waals surface area contributed by atoms with Crippen LogP contribution < -0.4 is 5.73 Å². The zero-order valence-corrected chi connectivity index (χ0v) is 6.29. The van der Waals surface area contributed by atoms with E-state index in [1.54, 1.807) is 0 Å². The van der Waals surface area contributed by atoms with E-state index in [9.17, 15) is 0 Å². The molecule has 10 heavy (non-hydrogen) atoms. The maximum atomic E-state index is 5.89. The number of rotatable bonds is 0. The summed E-state index contributed by atoms with van der Waals surface area (Å²) in [6, 6.07) is 0.494. The van der Waals surface area contributed by atoms with E-state index in [4.69, 9.17) is 5.73 Å². The van der Waals surface area contributed by atoms with Crippen LogP contribution in [0.1, 0.15) is 25.7 Å². The predicted octanol–water partition coefficient (Wildman–Crippen LogP) is 1.69. The van der Waals surface area contributed by atoms with Crippen LogP contribution in [0.5, 0.6) is 0 Å². The second-order valence-corrected chi connectivity index (χ2v) is 3.76. The zero-order valence-electron chi connectivity index (χ0n) is 6.29. The third-order valence-electron chi connectivity index (χ3n) is 2.76.